The Kier molecular flexibility index (Phi) is 2.83. The van der Waals surface area contributed by atoms with Crippen molar-refractivity contribution in [3.05, 3.63) is 35.2 Å². The summed E-state index contributed by atoms with van der Waals surface area (Å²) in [6.07, 6.45) is 5.27. The van der Waals surface area contributed by atoms with Gasteiger partial charge in [0.15, 0.2) is 9.84 Å². The topological polar surface area (TPSA) is 51.4 Å². The second-order valence-electron chi connectivity index (χ2n) is 4.73. The second kappa shape index (κ2) is 4.24. The van der Waals surface area contributed by atoms with E-state index in [4.69, 9.17) is 11.6 Å². The van der Waals surface area contributed by atoms with Crippen molar-refractivity contribution in [2.24, 2.45) is 0 Å². The van der Waals surface area contributed by atoms with Crippen LogP contribution in [-0.2, 0) is 9.84 Å². The summed E-state index contributed by atoms with van der Waals surface area (Å²) in [5, 5.41) is 0.641. The fourth-order valence-electron chi connectivity index (χ4n) is 2.44. The molecule has 0 spiro atoms. The van der Waals surface area contributed by atoms with Crippen molar-refractivity contribution in [3.8, 4) is 0 Å². The van der Waals surface area contributed by atoms with Gasteiger partial charge in [-0.2, -0.15) is 0 Å². The van der Waals surface area contributed by atoms with Crippen molar-refractivity contribution in [2.45, 2.75) is 18.8 Å². The number of sulfone groups is 1. The number of pyridine rings is 1. The van der Waals surface area contributed by atoms with Crippen LogP contribution in [0.4, 0.5) is 0 Å². The van der Waals surface area contributed by atoms with E-state index >= 15 is 0 Å². The van der Waals surface area contributed by atoms with E-state index in [1.54, 1.807) is 12.3 Å². The van der Waals surface area contributed by atoms with E-state index in [9.17, 15) is 8.42 Å². The number of nitrogens with zero attached hydrogens (tertiary/aromatic N) is 2. The minimum absolute atomic E-state index is 0.0161. The summed E-state index contributed by atoms with van der Waals surface area (Å²) >= 11 is 5.91. The van der Waals surface area contributed by atoms with Crippen molar-refractivity contribution < 1.29 is 8.42 Å². The van der Waals surface area contributed by atoms with Gasteiger partial charge in [-0.1, -0.05) is 11.6 Å². The highest BCUT2D eigenvalue weighted by molar-refractivity contribution is 7.91. The van der Waals surface area contributed by atoms with Crippen LogP contribution in [0, 0.1) is 0 Å². The van der Waals surface area contributed by atoms with E-state index in [2.05, 4.69) is 4.98 Å². The zero-order chi connectivity index (χ0) is 12.8. The average Bonchev–Trinajstić information content (AvgIpc) is 2.70. The Labute approximate surface area is 111 Å². The van der Waals surface area contributed by atoms with Gasteiger partial charge in [-0.3, -0.25) is 0 Å². The molecule has 3 rings (SSSR count). The maximum Gasteiger partial charge on any atom is 0.150 e. The highest BCUT2D eigenvalue weighted by Gasteiger charge is 2.27. The van der Waals surface area contributed by atoms with Gasteiger partial charge in [0.1, 0.15) is 5.65 Å². The lowest BCUT2D eigenvalue weighted by molar-refractivity contribution is 0.550. The Balaban J connectivity index is 1.99. The molecule has 0 aliphatic carbocycles. The molecule has 2 aromatic rings. The molecule has 0 radical (unpaired) electrons. The molecule has 0 N–H and O–H groups in total. The highest BCUT2D eigenvalue weighted by Crippen LogP contribution is 2.28. The Morgan fingerprint density at radius 3 is 2.94 bits per heavy atom. The summed E-state index contributed by atoms with van der Waals surface area (Å²) in [5.74, 6) is 0.537. The summed E-state index contributed by atoms with van der Waals surface area (Å²) in [5.41, 5.74) is 1.65. The van der Waals surface area contributed by atoms with Crippen LogP contribution < -0.4 is 0 Å². The molecule has 3 heterocycles. The number of rotatable bonds is 1. The lowest BCUT2D eigenvalue weighted by Crippen LogP contribution is -2.23. The maximum atomic E-state index is 11.6. The molecule has 1 unspecified atom stereocenters. The fraction of sp³-hybridized carbons (Fsp3) is 0.417. The third-order valence-corrected chi connectivity index (χ3v) is 5.36. The van der Waals surface area contributed by atoms with Gasteiger partial charge in [0.2, 0.25) is 0 Å². The molecule has 96 valence electrons. The van der Waals surface area contributed by atoms with Crippen molar-refractivity contribution >= 4 is 27.1 Å². The van der Waals surface area contributed by atoms with Crippen molar-refractivity contribution in [2.75, 3.05) is 11.5 Å². The van der Waals surface area contributed by atoms with Crippen molar-refractivity contribution in [3.63, 3.8) is 0 Å². The normalized spacial score (nSPS) is 23.3. The highest BCUT2D eigenvalue weighted by atomic mass is 35.5. The van der Waals surface area contributed by atoms with Crippen molar-refractivity contribution in [1.29, 1.82) is 0 Å². The van der Waals surface area contributed by atoms with E-state index in [1.165, 1.54) is 0 Å². The Morgan fingerprint density at radius 2 is 2.17 bits per heavy atom. The molecular formula is C12H13ClN2O2S. The van der Waals surface area contributed by atoms with E-state index in [1.807, 2.05) is 16.7 Å². The minimum atomic E-state index is -2.90. The van der Waals surface area contributed by atoms with Gasteiger partial charge in [-0.05, 0) is 25.0 Å². The van der Waals surface area contributed by atoms with E-state index in [0.717, 1.165) is 24.2 Å². The van der Waals surface area contributed by atoms with E-state index < -0.39 is 9.84 Å². The molecule has 1 saturated heterocycles. The van der Waals surface area contributed by atoms with Crippen LogP contribution in [0.5, 0.6) is 0 Å². The van der Waals surface area contributed by atoms with E-state index in [0.29, 0.717) is 10.8 Å². The fourth-order valence-corrected chi connectivity index (χ4v) is 4.33. The molecule has 1 aliphatic heterocycles. The van der Waals surface area contributed by atoms with Gasteiger partial charge in [0.05, 0.1) is 22.2 Å². The van der Waals surface area contributed by atoms with Crippen LogP contribution in [0.1, 0.15) is 24.5 Å². The lowest BCUT2D eigenvalue weighted by atomic mass is 10.0. The van der Waals surface area contributed by atoms with Gasteiger partial charge in [0.25, 0.3) is 0 Å². The minimum Gasteiger partial charge on any atom is -0.305 e. The molecule has 0 bridgehead atoms. The number of aromatic nitrogens is 2. The largest absolute Gasteiger partial charge is 0.305 e. The van der Waals surface area contributed by atoms with Crippen LogP contribution in [0.3, 0.4) is 0 Å². The molecule has 0 aromatic carbocycles. The molecule has 0 saturated carbocycles. The summed E-state index contributed by atoms with van der Waals surface area (Å²) in [7, 11) is -2.90. The lowest BCUT2D eigenvalue weighted by Gasteiger charge is -2.19. The van der Waals surface area contributed by atoms with Gasteiger partial charge < -0.3 is 4.40 Å². The molecule has 4 nitrogen and oxygen atoms in total. The quantitative estimate of drug-likeness (QED) is 0.807. The maximum absolute atomic E-state index is 11.6. The van der Waals surface area contributed by atoms with Gasteiger partial charge >= 0.3 is 0 Å². The molecule has 1 fully saturated rings. The number of hydrogen-bond acceptors (Lipinski definition) is 3. The summed E-state index contributed by atoms with van der Waals surface area (Å²) in [6, 6.07) is 3.62. The number of fused-ring (bicyclic) bond motifs is 1. The van der Waals surface area contributed by atoms with Crippen LogP contribution >= 0.6 is 11.6 Å². The average molecular weight is 285 g/mol. The predicted molar refractivity (Wildman–Crippen MR) is 70.8 cm³/mol. The molecule has 18 heavy (non-hydrogen) atoms. The zero-order valence-electron chi connectivity index (χ0n) is 9.71. The summed E-state index contributed by atoms with van der Waals surface area (Å²) in [6.45, 7) is 0. The Hall–Kier alpha value is -1.07. The standard InChI is InChI=1S/C12H13ClN2O2S/c13-10-3-4-12-14-11(7-15(12)6-10)9-2-1-5-18(16,17)8-9/h3-4,6-7,9H,1-2,5,8H2. The molecular weight excluding hydrogens is 272 g/mol. The summed E-state index contributed by atoms with van der Waals surface area (Å²) in [4.78, 5) is 4.48. The monoisotopic (exact) mass is 284 g/mol. The van der Waals surface area contributed by atoms with Gasteiger partial charge in [0, 0.05) is 18.3 Å². The van der Waals surface area contributed by atoms with Crippen LogP contribution in [-0.4, -0.2) is 29.3 Å². The first-order valence-corrected chi connectivity index (χ1v) is 8.08. The Bertz CT molecular complexity index is 693. The zero-order valence-corrected chi connectivity index (χ0v) is 11.3. The van der Waals surface area contributed by atoms with Gasteiger partial charge in [-0.15, -0.1) is 0 Å². The smallest absolute Gasteiger partial charge is 0.150 e. The third-order valence-electron chi connectivity index (χ3n) is 3.31. The second-order valence-corrected chi connectivity index (χ2v) is 7.40. The first kappa shape index (κ1) is 12.0. The SMILES string of the molecule is O=S1(=O)CCCC(c2cn3cc(Cl)ccc3n2)C1. The number of hydrogen-bond donors (Lipinski definition) is 0. The molecule has 2 aromatic heterocycles. The summed E-state index contributed by atoms with van der Waals surface area (Å²) < 4.78 is 25.1. The first-order chi connectivity index (χ1) is 8.53. The molecule has 0 amide bonds. The van der Waals surface area contributed by atoms with Crippen LogP contribution in [0.25, 0.3) is 5.65 Å². The molecule has 1 aliphatic rings. The number of imidazole rings is 1. The van der Waals surface area contributed by atoms with Crippen molar-refractivity contribution in [1.82, 2.24) is 9.38 Å². The first-order valence-electron chi connectivity index (χ1n) is 5.88. The third kappa shape index (κ3) is 2.24. The van der Waals surface area contributed by atoms with Crippen LogP contribution in [0.15, 0.2) is 24.5 Å². The van der Waals surface area contributed by atoms with Gasteiger partial charge in [-0.25, -0.2) is 13.4 Å². The van der Waals surface area contributed by atoms with E-state index in [-0.39, 0.29) is 11.7 Å². The molecule has 6 heteroatoms. The molecule has 1 atom stereocenters. The Morgan fingerprint density at radius 1 is 1.33 bits per heavy atom. The van der Waals surface area contributed by atoms with Crippen LogP contribution in [0.2, 0.25) is 5.02 Å². The predicted octanol–water partition coefficient (Wildman–Crippen LogP) is 2.28. The number of halogens is 1.